The van der Waals surface area contributed by atoms with Crippen molar-refractivity contribution in [3.63, 3.8) is 0 Å². The van der Waals surface area contributed by atoms with E-state index in [0.29, 0.717) is 24.2 Å². The second-order valence-corrected chi connectivity index (χ2v) is 5.52. The molecule has 0 bridgehead atoms. The summed E-state index contributed by atoms with van der Waals surface area (Å²) in [5, 5.41) is 11.9. The van der Waals surface area contributed by atoms with E-state index in [1.165, 1.54) is 6.92 Å². The molecule has 0 spiro atoms. The largest absolute Gasteiger partial charge is 0.396 e. The van der Waals surface area contributed by atoms with Gasteiger partial charge in [0.05, 0.1) is 6.54 Å². The Morgan fingerprint density at radius 3 is 2.50 bits per heavy atom. The number of carbonyl (C=O) groups is 2. The number of para-hydroxylation sites is 1. The molecular formula is C19H22N2O3. The first kappa shape index (κ1) is 17.7. The van der Waals surface area contributed by atoms with Crippen molar-refractivity contribution in [2.24, 2.45) is 0 Å². The molecule has 24 heavy (non-hydrogen) atoms. The van der Waals surface area contributed by atoms with E-state index in [0.717, 1.165) is 5.69 Å². The van der Waals surface area contributed by atoms with E-state index in [4.69, 9.17) is 5.11 Å². The van der Waals surface area contributed by atoms with Gasteiger partial charge in [-0.3, -0.25) is 9.59 Å². The Morgan fingerprint density at radius 2 is 1.83 bits per heavy atom. The Bertz CT molecular complexity index is 686. The molecule has 0 saturated carbocycles. The molecular weight excluding hydrogens is 304 g/mol. The highest BCUT2D eigenvalue weighted by Gasteiger charge is 2.12. The first-order valence-corrected chi connectivity index (χ1v) is 7.92. The highest BCUT2D eigenvalue weighted by atomic mass is 16.3. The Kier molecular flexibility index (Phi) is 6.51. The fourth-order valence-electron chi connectivity index (χ4n) is 2.39. The van der Waals surface area contributed by atoms with Gasteiger partial charge < -0.3 is 15.3 Å². The molecule has 0 fully saturated rings. The summed E-state index contributed by atoms with van der Waals surface area (Å²) in [6.45, 7) is 2.33. The minimum Gasteiger partial charge on any atom is -0.396 e. The van der Waals surface area contributed by atoms with Gasteiger partial charge in [-0.1, -0.05) is 30.3 Å². The van der Waals surface area contributed by atoms with Crippen LogP contribution in [-0.2, 0) is 4.79 Å². The SMILES string of the molecule is CC(=O)c1cccc(NC(=O)CN(CCCO)c2ccccc2)c1. The van der Waals surface area contributed by atoms with Crippen molar-refractivity contribution in [1.82, 2.24) is 0 Å². The predicted molar refractivity (Wildman–Crippen MR) is 95.4 cm³/mol. The zero-order chi connectivity index (χ0) is 17.4. The van der Waals surface area contributed by atoms with E-state index in [-0.39, 0.29) is 24.8 Å². The summed E-state index contributed by atoms with van der Waals surface area (Å²) in [5.74, 6) is -0.211. The lowest BCUT2D eigenvalue weighted by Gasteiger charge is -2.24. The number of amides is 1. The lowest BCUT2D eigenvalue weighted by atomic mass is 10.1. The fourth-order valence-corrected chi connectivity index (χ4v) is 2.39. The average molecular weight is 326 g/mol. The van der Waals surface area contributed by atoms with Crippen LogP contribution in [0.15, 0.2) is 54.6 Å². The van der Waals surface area contributed by atoms with Crippen molar-refractivity contribution in [3.8, 4) is 0 Å². The molecule has 0 aliphatic carbocycles. The average Bonchev–Trinajstić information content (AvgIpc) is 2.59. The number of nitrogens with one attached hydrogen (secondary N) is 1. The highest BCUT2D eigenvalue weighted by molar-refractivity contribution is 5.98. The molecule has 2 rings (SSSR count). The van der Waals surface area contributed by atoms with Crippen molar-refractivity contribution in [3.05, 3.63) is 60.2 Å². The molecule has 0 radical (unpaired) electrons. The monoisotopic (exact) mass is 326 g/mol. The number of carbonyl (C=O) groups excluding carboxylic acids is 2. The van der Waals surface area contributed by atoms with E-state index in [1.54, 1.807) is 24.3 Å². The predicted octanol–water partition coefficient (Wildman–Crippen LogP) is 2.72. The maximum atomic E-state index is 12.3. The topological polar surface area (TPSA) is 69.6 Å². The second kappa shape index (κ2) is 8.84. The number of aliphatic hydroxyl groups is 1. The molecule has 0 heterocycles. The third-order valence-electron chi connectivity index (χ3n) is 3.59. The first-order valence-electron chi connectivity index (χ1n) is 7.92. The van der Waals surface area contributed by atoms with Crippen molar-refractivity contribution >= 4 is 23.1 Å². The number of rotatable bonds is 8. The number of benzene rings is 2. The van der Waals surface area contributed by atoms with Gasteiger partial charge in [0.2, 0.25) is 5.91 Å². The molecule has 0 aromatic heterocycles. The summed E-state index contributed by atoms with van der Waals surface area (Å²) in [7, 11) is 0. The Hall–Kier alpha value is -2.66. The molecule has 5 nitrogen and oxygen atoms in total. The second-order valence-electron chi connectivity index (χ2n) is 5.52. The molecule has 2 N–H and O–H groups in total. The van der Waals surface area contributed by atoms with Gasteiger partial charge >= 0.3 is 0 Å². The number of Topliss-reactive ketones (excluding diaryl/α,β-unsaturated/α-hetero) is 1. The van der Waals surface area contributed by atoms with Gasteiger partial charge in [-0.05, 0) is 37.6 Å². The first-order chi connectivity index (χ1) is 11.6. The van der Waals surface area contributed by atoms with Crippen LogP contribution in [-0.4, -0.2) is 36.5 Å². The smallest absolute Gasteiger partial charge is 0.243 e. The van der Waals surface area contributed by atoms with E-state index in [2.05, 4.69) is 5.32 Å². The summed E-state index contributed by atoms with van der Waals surface area (Å²) in [5.41, 5.74) is 2.09. The van der Waals surface area contributed by atoms with Gasteiger partial charge in [0.15, 0.2) is 5.78 Å². The van der Waals surface area contributed by atoms with Gasteiger partial charge in [0.25, 0.3) is 0 Å². The van der Waals surface area contributed by atoms with Crippen LogP contribution in [0.5, 0.6) is 0 Å². The van der Waals surface area contributed by atoms with Crippen molar-refractivity contribution < 1.29 is 14.7 Å². The van der Waals surface area contributed by atoms with Crippen molar-refractivity contribution in [1.29, 1.82) is 0 Å². The zero-order valence-electron chi connectivity index (χ0n) is 13.7. The molecule has 1 amide bonds. The Labute approximate surface area is 141 Å². The fraction of sp³-hybridized carbons (Fsp3) is 0.263. The van der Waals surface area contributed by atoms with Crippen LogP contribution in [0, 0.1) is 0 Å². The Morgan fingerprint density at radius 1 is 1.08 bits per heavy atom. The number of hydrogen-bond acceptors (Lipinski definition) is 4. The summed E-state index contributed by atoms with van der Waals surface area (Å²) in [6, 6.07) is 16.5. The van der Waals surface area contributed by atoms with E-state index in [9.17, 15) is 9.59 Å². The summed E-state index contributed by atoms with van der Waals surface area (Å²) >= 11 is 0. The molecule has 0 aliphatic rings. The molecule has 0 aliphatic heterocycles. The van der Waals surface area contributed by atoms with Crippen molar-refractivity contribution in [2.75, 3.05) is 29.9 Å². The van der Waals surface area contributed by atoms with Gasteiger partial charge in [-0.15, -0.1) is 0 Å². The summed E-state index contributed by atoms with van der Waals surface area (Å²) in [6.07, 6.45) is 0.585. The van der Waals surface area contributed by atoms with Crippen LogP contribution in [0.1, 0.15) is 23.7 Å². The lowest BCUT2D eigenvalue weighted by Crippen LogP contribution is -2.34. The van der Waals surface area contributed by atoms with Crippen LogP contribution < -0.4 is 10.2 Å². The summed E-state index contributed by atoms with van der Waals surface area (Å²) < 4.78 is 0. The molecule has 2 aromatic carbocycles. The van der Waals surface area contributed by atoms with Crippen molar-refractivity contribution in [2.45, 2.75) is 13.3 Å². The minimum atomic E-state index is -0.169. The molecule has 5 heteroatoms. The molecule has 0 unspecified atom stereocenters. The van der Waals surface area contributed by atoms with Gasteiger partial charge in [-0.2, -0.15) is 0 Å². The van der Waals surface area contributed by atoms with Crippen LogP contribution in [0.3, 0.4) is 0 Å². The highest BCUT2D eigenvalue weighted by Crippen LogP contribution is 2.15. The molecule has 0 atom stereocenters. The number of hydrogen-bond donors (Lipinski definition) is 2. The lowest BCUT2D eigenvalue weighted by molar-refractivity contribution is -0.115. The van der Waals surface area contributed by atoms with E-state index in [1.807, 2.05) is 35.2 Å². The Balaban J connectivity index is 2.05. The van der Waals surface area contributed by atoms with Crippen LogP contribution in [0.2, 0.25) is 0 Å². The van der Waals surface area contributed by atoms with Crippen LogP contribution >= 0.6 is 0 Å². The third kappa shape index (κ3) is 5.21. The third-order valence-corrected chi connectivity index (χ3v) is 3.59. The number of aliphatic hydroxyl groups excluding tert-OH is 1. The standard InChI is InChI=1S/C19H22N2O3/c1-15(23)16-7-5-8-17(13-16)20-19(24)14-21(11-6-12-22)18-9-3-2-4-10-18/h2-5,7-10,13,22H,6,11-12,14H2,1H3,(H,20,24). The summed E-state index contributed by atoms with van der Waals surface area (Å²) in [4.78, 5) is 25.7. The maximum absolute atomic E-state index is 12.3. The van der Waals surface area contributed by atoms with Crippen LogP contribution in [0.25, 0.3) is 0 Å². The quantitative estimate of drug-likeness (QED) is 0.732. The number of nitrogens with zero attached hydrogens (tertiary/aromatic N) is 1. The number of ketones is 1. The maximum Gasteiger partial charge on any atom is 0.243 e. The zero-order valence-corrected chi connectivity index (χ0v) is 13.7. The minimum absolute atomic E-state index is 0.0417. The molecule has 0 saturated heterocycles. The number of anilines is 2. The van der Waals surface area contributed by atoms with Gasteiger partial charge in [-0.25, -0.2) is 0 Å². The normalized spacial score (nSPS) is 10.2. The van der Waals surface area contributed by atoms with Gasteiger partial charge in [0.1, 0.15) is 0 Å². The van der Waals surface area contributed by atoms with E-state index >= 15 is 0 Å². The van der Waals surface area contributed by atoms with Gasteiger partial charge in [0, 0.05) is 30.1 Å². The van der Waals surface area contributed by atoms with Crippen LogP contribution in [0.4, 0.5) is 11.4 Å². The molecule has 2 aromatic rings. The van der Waals surface area contributed by atoms with E-state index < -0.39 is 0 Å². The molecule has 126 valence electrons.